The lowest BCUT2D eigenvalue weighted by molar-refractivity contribution is -0.383. The van der Waals surface area contributed by atoms with Crippen LogP contribution in [0.25, 0.3) is 0 Å². The summed E-state index contributed by atoms with van der Waals surface area (Å²) in [6.07, 6.45) is 1.18. The molecule has 0 amide bonds. The molecule has 4 N–H and O–H groups in total. The number of anilines is 2. The van der Waals surface area contributed by atoms with Gasteiger partial charge in [0.05, 0.1) is 4.92 Å². The summed E-state index contributed by atoms with van der Waals surface area (Å²) in [4.78, 5) is 9.98. The highest BCUT2D eigenvalue weighted by Gasteiger charge is 2.26. The van der Waals surface area contributed by atoms with Crippen LogP contribution in [0.3, 0.4) is 0 Å². The van der Waals surface area contributed by atoms with E-state index in [-0.39, 0.29) is 15.0 Å². The van der Waals surface area contributed by atoms with Crippen molar-refractivity contribution in [1.82, 2.24) is 5.16 Å². The van der Waals surface area contributed by atoms with Crippen LogP contribution in [0.5, 0.6) is 0 Å². The Morgan fingerprint density at radius 3 is 2.74 bits per heavy atom. The van der Waals surface area contributed by atoms with Gasteiger partial charge in [-0.25, -0.2) is 14.3 Å². The third-order valence-electron chi connectivity index (χ3n) is 1.96. The average Bonchev–Trinajstić information content (AvgIpc) is 2.95. The highest BCUT2D eigenvalue weighted by molar-refractivity contribution is 7.94. The molecule has 0 aliphatic heterocycles. The second-order valence-electron chi connectivity index (χ2n) is 3.17. The first kappa shape index (κ1) is 13.3. The quantitative estimate of drug-likeness (QED) is 0.415. The van der Waals surface area contributed by atoms with Gasteiger partial charge in [0.15, 0.2) is 10.8 Å². The standard InChI is InChI=1S/C7H7N5O5S2/c8-9-7-4(12(13)14)3-6(18-7)19(15,16)11-5-1-2-17-10-5/h1-3,9H,8H2,(H,10,11). The molecule has 0 saturated carbocycles. The number of aromatic nitrogens is 1. The van der Waals surface area contributed by atoms with Crippen molar-refractivity contribution in [1.29, 1.82) is 0 Å². The number of thiophene rings is 1. The number of rotatable bonds is 5. The summed E-state index contributed by atoms with van der Waals surface area (Å²) in [5.74, 6) is 5.07. The van der Waals surface area contributed by atoms with E-state index in [4.69, 9.17) is 5.84 Å². The molecular formula is C7H7N5O5S2. The molecule has 0 unspecified atom stereocenters. The molecule has 0 aliphatic rings. The molecule has 0 bridgehead atoms. The molecule has 2 heterocycles. The normalized spacial score (nSPS) is 11.2. The first-order chi connectivity index (χ1) is 8.94. The van der Waals surface area contributed by atoms with Crippen LogP contribution < -0.4 is 16.0 Å². The van der Waals surface area contributed by atoms with Crippen LogP contribution in [-0.2, 0) is 10.0 Å². The van der Waals surface area contributed by atoms with E-state index in [0.717, 1.165) is 6.07 Å². The van der Waals surface area contributed by atoms with Crippen molar-refractivity contribution in [3.8, 4) is 0 Å². The van der Waals surface area contributed by atoms with Crippen LogP contribution in [0.1, 0.15) is 0 Å². The van der Waals surface area contributed by atoms with Gasteiger partial charge in [0.1, 0.15) is 10.5 Å². The van der Waals surface area contributed by atoms with E-state index in [2.05, 4.69) is 19.8 Å². The third kappa shape index (κ3) is 2.64. The highest BCUT2D eigenvalue weighted by atomic mass is 32.2. The fourth-order valence-corrected chi connectivity index (χ4v) is 3.41. The van der Waals surface area contributed by atoms with Crippen LogP contribution in [0.15, 0.2) is 27.1 Å². The van der Waals surface area contributed by atoms with Crippen molar-refractivity contribution < 1.29 is 17.9 Å². The maximum absolute atomic E-state index is 11.9. The van der Waals surface area contributed by atoms with Gasteiger partial charge in [-0.05, 0) is 0 Å². The zero-order chi connectivity index (χ0) is 14.0. The topological polar surface area (TPSA) is 153 Å². The average molecular weight is 305 g/mol. The predicted octanol–water partition coefficient (Wildman–Crippen LogP) is 0.731. The number of nitrogens with one attached hydrogen (secondary N) is 2. The van der Waals surface area contributed by atoms with Crippen LogP contribution >= 0.6 is 11.3 Å². The summed E-state index contributed by atoms with van der Waals surface area (Å²) in [6.45, 7) is 0. The first-order valence-corrected chi connectivity index (χ1v) is 6.92. The van der Waals surface area contributed by atoms with Crippen LogP contribution in [0.4, 0.5) is 16.5 Å². The Hall–Kier alpha value is -2.18. The van der Waals surface area contributed by atoms with Gasteiger partial charge in [0.2, 0.25) is 0 Å². The van der Waals surface area contributed by atoms with Crippen LogP contribution in [-0.4, -0.2) is 18.5 Å². The Morgan fingerprint density at radius 1 is 1.53 bits per heavy atom. The fourth-order valence-electron chi connectivity index (χ4n) is 1.18. The zero-order valence-electron chi connectivity index (χ0n) is 9.06. The molecule has 0 atom stereocenters. The number of sulfonamides is 1. The number of nitrogens with zero attached hydrogens (tertiary/aromatic N) is 2. The summed E-state index contributed by atoms with van der Waals surface area (Å²) >= 11 is 0.630. The molecular weight excluding hydrogens is 298 g/mol. The van der Waals surface area contributed by atoms with E-state index in [9.17, 15) is 18.5 Å². The first-order valence-electron chi connectivity index (χ1n) is 4.62. The number of nitrogens with two attached hydrogens (primary N) is 1. The van der Waals surface area contributed by atoms with Crippen molar-refractivity contribution in [3.63, 3.8) is 0 Å². The van der Waals surface area contributed by atoms with E-state index in [0.29, 0.717) is 11.3 Å². The summed E-state index contributed by atoms with van der Waals surface area (Å²) in [5, 5.41) is 14.0. The molecule has 10 nitrogen and oxygen atoms in total. The van der Waals surface area contributed by atoms with Gasteiger partial charge in [-0.2, -0.15) is 0 Å². The molecule has 0 aliphatic carbocycles. The van der Waals surface area contributed by atoms with Crippen LogP contribution in [0, 0.1) is 10.1 Å². The molecule has 0 fully saturated rings. The summed E-state index contributed by atoms with van der Waals surface area (Å²) in [7, 11) is -3.98. The minimum absolute atomic E-state index is 0.0293. The maximum Gasteiger partial charge on any atom is 0.306 e. The van der Waals surface area contributed by atoms with Gasteiger partial charge in [-0.15, -0.1) is 0 Å². The number of nitro groups is 1. The van der Waals surface area contributed by atoms with Crippen molar-refractivity contribution in [3.05, 3.63) is 28.5 Å². The Labute approximate surface area is 110 Å². The van der Waals surface area contributed by atoms with Crippen molar-refractivity contribution >= 4 is 37.9 Å². The number of hydrogen-bond acceptors (Lipinski definition) is 9. The van der Waals surface area contributed by atoms with Gasteiger partial charge in [-0.3, -0.25) is 14.8 Å². The predicted molar refractivity (Wildman–Crippen MR) is 66.1 cm³/mol. The van der Waals surface area contributed by atoms with E-state index in [1.54, 1.807) is 0 Å². The van der Waals surface area contributed by atoms with Crippen molar-refractivity contribution in [2.75, 3.05) is 10.1 Å². The fraction of sp³-hybridized carbons (Fsp3) is 0. The van der Waals surface area contributed by atoms with Gasteiger partial charge < -0.3 is 9.95 Å². The summed E-state index contributed by atoms with van der Waals surface area (Å²) in [5.41, 5.74) is 1.66. The van der Waals surface area contributed by atoms with Crippen LogP contribution in [0.2, 0.25) is 0 Å². The molecule has 102 valence electrons. The van der Waals surface area contributed by atoms with Crippen molar-refractivity contribution in [2.45, 2.75) is 4.21 Å². The second-order valence-corrected chi connectivity index (χ2v) is 6.13. The van der Waals surface area contributed by atoms with Gasteiger partial charge in [0, 0.05) is 12.1 Å². The SMILES string of the molecule is NNc1sc(S(=O)(=O)Nc2ccon2)cc1[N+](=O)[O-]. The third-order valence-corrected chi connectivity index (χ3v) is 4.84. The lowest BCUT2D eigenvalue weighted by Gasteiger charge is -2.00. The molecule has 0 radical (unpaired) electrons. The summed E-state index contributed by atoms with van der Waals surface area (Å²) < 4.78 is 30.2. The molecule has 0 aromatic carbocycles. The van der Waals surface area contributed by atoms with E-state index >= 15 is 0 Å². The maximum atomic E-state index is 11.9. The molecule has 12 heteroatoms. The Bertz CT molecular complexity index is 692. The lowest BCUT2D eigenvalue weighted by atomic mass is 10.5. The minimum Gasteiger partial charge on any atom is -0.363 e. The number of hydrazine groups is 1. The Morgan fingerprint density at radius 2 is 2.26 bits per heavy atom. The Kier molecular flexibility index (Phi) is 3.37. The van der Waals surface area contributed by atoms with Gasteiger partial charge in [-0.1, -0.05) is 16.5 Å². The second kappa shape index (κ2) is 4.83. The monoisotopic (exact) mass is 305 g/mol. The highest BCUT2D eigenvalue weighted by Crippen LogP contribution is 2.36. The van der Waals surface area contributed by atoms with Gasteiger partial charge >= 0.3 is 5.69 Å². The molecule has 2 aromatic rings. The molecule has 2 rings (SSSR count). The minimum atomic E-state index is -3.98. The van der Waals surface area contributed by atoms with E-state index in [1.807, 2.05) is 0 Å². The molecule has 0 saturated heterocycles. The summed E-state index contributed by atoms with van der Waals surface area (Å²) in [6, 6.07) is 2.20. The van der Waals surface area contributed by atoms with E-state index in [1.165, 1.54) is 12.3 Å². The number of hydrogen-bond donors (Lipinski definition) is 3. The zero-order valence-corrected chi connectivity index (χ0v) is 10.7. The lowest BCUT2D eigenvalue weighted by Crippen LogP contribution is -2.11. The van der Waals surface area contributed by atoms with E-state index < -0.39 is 20.6 Å². The van der Waals surface area contributed by atoms with Crippen molar-refractivity contribution in [2.24, 2.45) is 5.84 Å². The number of nitrogen functional groups attached to an aromatic ring is 1. The molecule has 0 spiro atoms. The largest absolute Gasteiger partial charge is 0.363 e. The molecule has 2 aromatic heterocycles. The smallest absolute Gasteiger partial charge is 0.306 e. The molecule has 19 heavy (non-hydrogen) atoms. The van der Waals surface area contributed by atoms with Gasteiger partial charge in [0.25, 0.3) is 10.0 Å². The Balaban J connectivity index is 2.38.